The van der Waals surface area contributed by atoms with E-state index in [-0.39, 0.29) is 5.82 Å². The van der Waals surface area contributed by atoms with Gasteiger partial charge in [0.15, 0.2) is 0 Å². The summed E-state index contributed by atoms with van der Waals surface area (Å²) in [6.45, 7) is 0.473. The van der Waals surface area contributed by atoms with Gasteiger partial charge >= 0.3 is 5.97 Å². The topological polar surface area (TPSA) is 35.5 Å². The van der Waals surface area contributed by atoms with Gasteiger partial charge in [-0.05, 0) is 53.6 Å². The van der Waals surface area contributed by atoms with Crippen LogP contribution in [0.5, 0.6) is 11.5 Å². The lowest BCUT2D eigenvalue weighted by atomic mass is 10.2. The molecule has 0 saturated heterocycles. The Morgan fingerprint density at radius 2 is 1.50 bits per heavy atom. The van der Waals surface area contributed by atoms with Crippen LogP contribution in [0, 0.1) is 5.82 Å². The van der Waals surface area contributed by atoms with Gasteiger partial charge in [-0.15, -0.1) is 0 Å². The number of halogens is 1. The fourth-order valence-electron chi connectivity index (χ4n) is 2.23. The molecule has 0 fully saturated rings. The zero-order valence-electron chi connectivity index (χ0n) is 14.0. The minimum atomic E-state index is -0.507. The molecule has 0 saturated carbocycles. The van der Waals surface area contributed by atoms with E-state index in [1.807, 2.05) is 30.3 Å². The molecule has 3 nitrogen and oxygen atoms in total. The van der Waals surface area contributed by atoms with Gasteiger partial charge < -0.3 is 9.47 Å². The Bertz CT molecular complexity index is 870. The Morgan fingerprint density at radius 1 is 0.846 bits per heavy atom. The zero-order valence-corrected chi connectivity index (χ0v) is 14.0. The Hall–Kier alpha value is -3.40. The van der Waals surface area contributed by atoms with Crippen molar-refractivity contribution in [2.75, 3.05) is 0 Å². The molecule has 4 heteroatoms. The van der Waals surface area contributed by atoms with Gasteiger partial charge in [-0.3, -0.25) is 0 Å². The minimum absolute atomic E-state index is 0.320. The Kier molecular flexibility index (Phi) is 5.78. The van der Waals surface area contributed by atoms with Crippen LogP contribution in [0.25, 0.3) is 6.08 Å². The van der Waals surface area contributed by atoms with Crippen LogP contribution in [0.3, 0.4) is 0 Å². The van der Waals surface area contributed by atoms with Gasteiger partial charge in [0.05, 0.1) is 0 Å². The fraction of sp³-hybridized carbons (Fsp3) is 0.0455. The molecule has 130 valence electrons. The van der Waals surface area contributed by atoms with Crippen LogP contribution in [0.2, 0.25) is 0 Å². The van der Waals surface area contributed by atoms with Gasteiger partial charge in [-0.1, -0.05) is 42.5 Å². The van der Waals surface area contributed by atoms with E-state index in [2.05, 4.69) is 0 Å². The molecule has 0 unspecified atom stereocenters. The van der Waals surface area contributed by atoms with E-state index in [4.69, 9.17) is 9.47 Å². The third-order valence-electron chi connectivity index (χ3n) is 3.57. The highest BCUT2D eigenvalue weighted by Gasteiger charge is 2.02. The van der Waals surface area contributed by atoms with Crippen molar-refractivity contribution in [1.29, 1.82) is 0 Å². The van der Waals surface area contributed by atoms with Crippen LogP contribution in [0.15, 0.2) is 84.9 Å². The number of carbonyl (C=O) groups is 1. The Labute approximate surface area is 151 Å². The number of hydrogen-bond donors (Lipinski definition) is 0. The number of esters is 1. The third-order valence-corrected chi connectivity index (χ3v) is 3.57. The monoisotopic (exact) mass is 348 g/mol. The minimum Gasteiger partial charge on any atom is -0.489 e. The molecule has 3 aromatic carbocycles. The second-order valence-corrected chi connectivity index (χ2v) is 5.55. The predicted octanol–water partition coefficient (Wildman–Crippen LogP) is 5.02. The van der Waals surface area contributed by atoms with Gasteiger partial charge in [0.2, 0.25) is 0 Å². The number of benzene rings is 3. The van der Waals surface area contributed by atoms with E-state index in [1.54, 1.807) is 42.5 Å². The molecule has 0 N–H and O–H groups in total. The van der Waals surface area contributed by atoms with Crippen molar-refractivity contribution in [2.45, 2.75) is 6.61 Å². The van der Waals surface area contributed by atoms with Crippen molar-refractivity contribution in [3.63, 3.8) is 0 Å². The van der Waals surface area contributed by atoms with Crippen LogP contribution in [0.4, 0.5) is 4.39 Å². The summed E-state index contributed by atoms with van der Waals surface area (Å²) in [6.07, 6.45) is 2.87. The van der Waals surface area contributed by atoms with Gasteiger partial charge in [-0.2, -0.15) is 0 Å². The van der Waals surface area contributed by atoms with Gasteiger partial charge in [0.1, 0.15) is 23.9 Å². The molecule has 26 heavy (non-hydrogen) atoms. The summed E-state index contributed by atoms with van der Waals surface area (Å²) in [5.74, 6) is 0.285. The second-order valence-electron chi connectivity index (χ2n) is 5.55. The number of ether oxygens (including phenoxy) is 2. The lowest BCUT2D eigenvalue weighted by molar-refractivity contribution is -0.128. The molecule has 0 amide bonds. The van der Waals surface area contributed by atoms with E-state index in [9.17, 15) is 9.18 Å². The first kappa shape index (κ1) is 17.4. The lowest BCUT2D eigenvalue weighted by Crippen LogP contribution is -2.03. The van der Waals surface area contributed by atoms with Crippen LogP contribution in [-0.4, -0.2) is 5.97 Å². The van der Waals surface area contributed by atoms with E-state index >= 15 is 0 Å². The first-order valence-corrected chi connectivity index (χ1v) is 8.11. The standard InChI is InChI=1S/C22H17FO3/c23-19-9-6-17(7-10-19)8-15-22(24)26-21-13-11-20(12-14-21)25-16-18-4-2-1-3-5-18/h1-15H,16H2/b15-8+. The van der Waals surface area contributed by atoms with Gasteiger partial charge in [0.25, 0.3) is 0 Å². The first-order chi connectivity index (χ1) is 12.7. The summed E-state index contributed by atoms with van der Waals surface area (Å²) >= 11 is 0. The molecule has 0 spiro atoms. The maximum absolute atomic E-state index is 12.8. The highest BCUT2D eigenvalue weighted by atomic mass is 19.1. The first-order valence-electron chi connectivity index (χ1n) is 8.11. The molecular formula is C22H17FO3. The molecule has 0 aliphatic carbocycles. The molecule has 0 aliphatic rings. The SMILES string of the molecule is O=C(/C=C/c1ccc(F)cc1)Oc1ccc(OCc2ccccc2)cc1. The third kappa shape index (κ3) is 5.31. The van der Waals surface area contributed by atoms with Crippen molar-refractivity contribution >= 4 is 12.0 Å². The molecule has 0 aromatic heterocycles. The largest absolute Gasteiger partial charge is 0.489 e. The van der Waals surface area contributed by atoms with Crippen molar-refractivity contribution in [3.8, 4) is 11.5 Å². The molecule has 0 atom stereocenters. The van der Waals surface area contributed by atoms with E-state index in [1.165, 1.54) is 18.2 Å². The summed E-state index contributed by atoms with van der Waals surface area (Å²) in [7, 11) is 0. The Balaban J connectivity index is 1.51. The quantitative estimate of drug-likeness (QED) is 0.356. The smallest absolute Gasteiger partial charge is 0.336 e. The van der Waals surface area contributed by atoms with Crippen molar-refractivity contribution in [1.82, 2.24) is 0 Å². The Morgan fingerprint density at radius 3 is 2.19 bits per heavy atom. The summed E-state index contributed by atoms with van der Waals surface area (Å²) < 4.78 is 23.7. The molecule has 3 rings (SSSR count). The zero-order chi connectivity index (χ0) is 18.2. The van der Waals surface area contributed by atoms with Crippen molar-refractivity contribution in [2.24, 2.45) is 0 Å². The van der Waals surface area contributed by atoms with E-state index in [0.717, 1.165) is 5.56 Å². The van der Waals surface area contributed by atoms with Crippen LogP contribution in [0.1, 0.15) is 11.1 Å². The average molecular weight is 348 g/mol. The van der Waals surface area contributed by atoms with Crippen LogP contribution in [-0.2, 0) is 11.4 Å². The highest BCUT2D eigenvalue weighted by molar-refractivity contribution is 5.88. The highest BCUT2D eigenvalue weighted by Crippen LogP contribution is 2.19. The summed E-state index contributed by atoms with van der Waals surface area (Å²) in [5, 5.41) is 0. The number of rotatable bonds is 6. The maximum Gasteiger partial charge on any atom is 0.336 e. The van der Waals surface area contributed by atoms with Crippen LogP contribution < -0.4 is 9.47 Å². The average Bonchev–Trinajstić information content (AvgIpc) is 2.68. The summed E-state index contributed by atoms with van der Waals surface area (Å²) in [5.41, 5.74) is 1.79. The van der Waals surface area contributed by atoms with Gasteiger partial charge in [-0.25, -0.2) is 9.18 Å². The van der Waals surface area contributed by atoms with E-state index in [0.29, 0.717) is 23.7 Å². The number of carbonyl (C=O) groups excluding carboxylic acids is 1. The maximum atomic E-state index is 12.8. The van der Waals surface area contributed by atoms with Crippen molar-refractivity contribution < 1.29 is 18.7 Å². The summed E-state index contributed by atoms with van der Waals surface area (Å²) in [4.78, 5) is 11.8. The second kappa shape index (κ2) is 8.62. The molecule has 0 aliphatic heterocycles. The molecule has 0 bridgehead atoms. The fourth-order valence-corrected chi connectivity index (χ4v) is 2.23. The van der Waals surface area contributed by atoms with E-state index < -0.39 is 5.97 Å². The molecule has 0 radical (unpaired) electrons. The van der Waals surface area contributed by atoms with Crippen molar-refractivity contribution in [3.05, 3.63) is 102 Å². The molecule has 3 aromatic rings. The predicted molar refractivity (Wildman–Crippen MR) is 98.3 cm³/mol. The number of hydrogen-bond acceptors (Lipinski definition) is 3. The normalized spacial score (nSPS) is 10.7. The molecular weight excluding hydrogens is 331 g/mol. The molecule has 0 heterocycles. The lowest BCUT2D eigenvalue weighted by Gasteiger charge is -2.07. The summed E-state index contributed by atoms with van der Waals surface area (Å²) in [6, 6.07) is 22.5. The van der Waals surface area contributed by atoms with Gasteiger partial charge in [0, 0.05) is 6.08 Å². The van der Waals surface area contributed by atoms with Crippen LogP contribution >= 0.6 is 0 Å².